The Hall–Kier alpha value is -1.92. The molecule has 1 unspecified atom stereocenters. The highest BCUT2D eigenvalue weighted by Crippen LogP contribution is 2.21. The molecule has 0 aliphatic carbocycles. The molecule has 1 saturated heterocycles. The molecule has 1 amide bonds. The Bertz CT molecular complexity index is 709. The first kappa shape index (κ1) is 16.9. The average Bonchev–Trinajstić information content (AvgIpc) is 3.23. The Morgan fingerprint density at radius 3 is 3.00 bits per heavy atom. The van der Waals surface area contributed by atoms with Crippen LogP contribution in [0.25, 0.3) is 5.69 Å². The first-order valence-electron chi connectivity index (χ1n) is 8.41. The van der Waals surface area contributed by atoms with Gasteiger partial charge < -0.3 is 10.6 Å². The number of nitrogens with zero attached hydrogens (tertiary/aromatic N) is 3. The van der Waals surface area contributed by atoms with Gasteiger partial charge in [-0.3, -0.25) is 4.79 Å². The van der Waals surface area contributed by atoms with Crippen LogP contribution >= 0.6 is 11.6 Å². The molecule has 0 saturated carbocycles. The van der Waals surface area contributed by atoms with Crippen molar-refractivity contribution in [3.8, 4) is 5.69 Å². The first-order valence-corrected chi connectivity index (χ1v) is 8.79. The molecule has 2 heterocycles. The maximum atomic E-state index is 12.4. The molecule has 7 heteroatoms. The van der Waals surface area contributed by atoms with Gasteiger partial charge in [0.2, 0.25) is 5.82 Å². The molecular weight excluding hydrogens is 326 g/mol. The van der Waals surface area contributed by atoms with Crippen LogP contribution in [0.15, 0.2) is 24.3 Å². The Morgan fingerprint density at radius 2 is 2.29 bits per heavy atom. The summed E-state index contributed by atoms with van der Waals surface area (Å²) in [5.41, 5.74) is 0.742. The third-order valence-corrected chi connectivity index (χ3v) is 4.42. The van der Waals surface area contributed by atoms with Crippen LogP contribution in [0, 0.1) is 0 Å². The van der Waals surface area contributed by atoms with Gasteiger partial charge in [-0.15, -0.1) is 5.10 Å². The van der Waals surface area contributed by atoms with E-state index in [1.54, 1.807) is 10.7 Å². The van der Waals surface area contributed by atoms with Crippen molar-refractivity contribution in [3.05, 3.63) is 40.9 Å². The lowest BCUT2D eigenvalue weighted by atomic mass is 10.2. The van der Waals surface area contributed by atoms with Crippen LogP contribution < -0.4 is 10.6 Å². The number of benzene rings is 1. The number of amides is 1. The number of carbonyl (C=O) groups is 1. The number of nitrogens with one attached hydrogen (secondary N) is 2. The number of para-hydroxylation sites is 1. The second-order valence-corrected chi connectivity index (χ2v) is 6.38. The number of carbonyl (C=O) groups excluding carboxylic acids is 1. The first-order chi connectivity index (χ1) is 11.7. The largest absolute Gasteiger partial charge is 0.348 e. The van der Waals surface area contributed by atoms with E-state index in [0.29, 0.717) is 17.6 Å². The zero-order valence-corrected chi connectivity index (χ0v) is 14.5. The molecule has 0 radical (unpaired) electrons. The van der Waals surface area contributed by atoms with Gasteiger partial charge in [-0.1, -0.05) is 30.7 Å². The highest BCUT2D eigenvalue weighted by Gasteiger charge is 2.20. The predicted octanol–water partition coefficient (Wildman–Crippen LogP) is 2.36. The van der Waals surface area contributed by atoms with E-state index in [0.717, 1.165) is 43.7 Å². The summed E-state index contributed by atoms with van der Waals surface area (Å²) in [7, 11) is 0. The fraction of sp³-hybridized carbons (Fsp3) is 0.471. The second kappa shape index (κ2) is 7.77. The minimum absolute atomic E-state index is 0.191. The molecule has 2 aromatic rings. The maximum absolute atomic E-state index is 12.4. The van der Waals surface area contributed by atoms with E-state index >= 15 is 0 Å². The molecule has 1 aromatic heterocycles. The molecule has 1 aromatic carbocycles. The number of rotatable bonds is 6. The zero-order chi connectivity index (χ0) is 16.9. The quantitative estimate of drug-likeness (QED) is 0.841. The molecule has 3 rings (SSSR count). The number of halogens is 1. The van der Waals surface area contributed by atoms with Gasteiger partial charge in [0.05, 0.1) is 10.7 Å². The van der Waals surface area contributed by atoms with Gasteiger partial charge in [0.15, 0.2) is 0 Å². The summed E-state index contributed by atoms with van der Waals surface area (Å²) in [4.78, 5) is 16.8. The van der Waals surface area contributed by atoms with E-state index in [9.17, 15) is 4.79 Å². The molecule has 1 aliphatic heterocycles. The standard InChI is InChI=1S/C17H22ClN5O/c1-2-6-15-21-16(17(24)20-11-12-7-5-10-19-12)22-23(15)14-9-4-3-8-13(14)18/h3-4,8-9,12,19H,2,5-7,10-11H2,1H3,(H,20,24). The van der Waals surface area contributed by atoms with Crippen molar-refractivity contribution in [3.63, 3.8) is 0 Å². The van der Waals surface area contributed by atoms with Crippen LogP contribution in [0.3, 0.4) is 0 Å². The fourth-order valence-corrected chi connectivity index (χ4v) is 3.08. The van der Waals surface area contributed by atoms with Crippen LogP contribution in [-0.2, 0) is 6.42 Å². The van der Waals surface area contributed by atoms with Gasteiger partial charge in [-0.05, 0) is 37.9 Å². The lowest BCUT2D eigenvalue weighted by Gasteiger charge is -2.09. The van der Waals surface area contributed by atoms with E-state index in [1.807, 2.05) is 18.2 Å². The lowest BCUT2D eigenvalue weighted by Crippen LogP contribution is -2.37. The van der Waals surface area contributed by atoms with Crippen molar-refractivity contribution in [2.45, 2.75) is 38.6 Å². The third kappa shape index (κ3) is 3.76. The van der Waals surface area contributed by atoms with Gasteiger partial charge in [-0.2, -0.15) is 0 Å². The monoisotopic (exact) mass is 347 g/mol. The van der Waals surface area contributed by atoms with E-state index in [4.69, 9.17) is 11.6 Å². The van der Waals surface area contributed by atoms with E-state index < -0.39 is 0 Å². The van der Waals surface area contributed by atoms with E-state index in [2.05, 4.69) is 27.6 Å². The molecular formula is C17H22ClN5O. The molecule has 1 fully saturated rings. The Balaban J connectivity index is 1.80. The molecule has 128 valence electrons. The Labute approximate surface area is 146 Å². The molecule has 0 spiro atoms. The zero-order valence-electron chi connectivity index (χ0n) is 13.8. The van der Waals surface area contributed by atoms with E-state index in [1.165, 1.54) is 0 Å². The average molecular weight is 348 g/mol. The normalized spacial score (nSPS) is 17.2. The molecule has 0 bridgehead atoms. The second-order valence-electron chi connectivity index (χ2n) is 5.97. The SMILES string of the molecule is CCCc1nc(C(=O)NCC2CCCN2)nn1-c1ccccc1Cl. The highest BCUT2D eigenvalue weighted by atomic mass is 35.5. The van der Waals surface area contributed by atoms with Crippen LogP contribution in [0.5, 0.6) is 0 Å². The van der Waals surface area contributed by atoms with Gasteiger partial charge >= 0.3 is 0 Å². The van der Waals surface area contributed by atoms with Gasteiger partial charge in [0.1, 0.15) is 5.82 Å². The van der Waals surface area contributed by atoms with Crippen LogP contribution in [0.4, 0.5) is 0 Å². The molecule has 24 heavy (non-hydrogen) atoms. The van der Waals surface area contributed by atoms with Gasteiger partial charge in [0, 0.05) is 19.0 Å². The van der Waals surface area contributed by atoms with Crippen LogP contribution in [0.2, 0.25) is 5.02 Å². The summed E-state index contributed by atoms with van der Waals surface area (Å²) in [5.74, 6) is 0.693. The molecule has 6 nitrogen and oxygen atoms in total. The van der Waals surface area contributed by atoms with Gasteiger partial charge in [0.25, 0.3) is 5.91 Å². The van der Waals surface area contributed by atoms with E-state index in [-0.39, 0.29) is 11.7 Å². The summed E-state index contributed by atoms with van der Waals surface area (Å²) in [5, 5.41) is 11.3. The Kier molecular flexibility index (Phi) is 5.48. The summed E-state index contributed by atoms with van der Waals surface area (Å²) in [6, 6.07) is 7.78. The summed E-state index contributed by atoms with van der Waals surface area (Å²) in [6.07, 6.45) is 3.88. The molecule has 2 N–H and O–H groups in total. The van der Waals surface area contributed by atoms with Crippen molar-refractivity contribution < 1.29 is 4.79 Å². The summed E-state index contributed by atoms with van der Waals surface area (Å²) < 4.78 is 1.68. The number of aromatic nitrogens is 3. The minimum atomic E-state index is -0.244. The maximum Gasteiger partial charge on any atom is 0.291 e. The Morgan fingerprint density at radius 1 is 1.46 bits per heavy atom. The third-order valence-electron chi connectivity index (χ3n) is 4.10. The topological polar surface area (TPSA) is 71.8 Å². The summed E-state index contributed by atoms with van der Waals surface area (Å²) in [6.45, 7) is 3.68. The molecule has 1 aliphatic rings. The highest BCUT2D eigenvalue weighted by molar-refractivity contribution is 6.32. The van der Waals surface area contributed by atoms with Crippen molar-refractivity contribution >= 4 is 17.5 Å². The number of hydrogen-bond donors (Lipinski definition) is 2. The lowest BCUT2D eigenvalue weighted by molar-refractivity contribution is 0.0940. The summed E-state index contributed by atoms with van der Waals surface area (Å²) >= 11 is 6.27. The molecule has 1 atom stereocenters. The minimum Gasteiger partial charge on any atom is -0.348 e. The van der Waals surface area contributed by atoms with Crippen molar-refractivity contribution in [2.24, 2.45) is 0 Å². The smallest absolute Gasteiger partial charge is 0.291 e. The number of aryl methyl sites for hydroxylation is 1. The predicted molar refractivity (Wildman–Crippen MR) is 93.7 cm³/mol. The van der Waals surface area contributed by atoms with Crippen LogP contribution in [0.1, 0.15) is 42.6 Å². The van der Waals surface area contributed by atoms with Crippen molar-refractivity contribution in [1.82, 2.24) is 25.4 Å². The van der Waals surface area contributed by atoms with Crippen LogP contribution in [-0.4, -0.2) is 39.8 Å². The van der Waals surface area contributed by atoms with Gasteiger partial charge in [-0.25, -0.2) is 9.67 Å². The fourth-order valence-electron chi connectivity index (χ4n) is 2.87. The van der Waals surface area contributed by atoms with Crippen molar-refractivity contribution in [1.29, 1.82) is 0 Å². The van der Waals surface area contributed by atoms with Crippen molar-refractivity contribution in [2.75, 3.05) is 13.1 Å². The number of hydrogen-bond acceptors (Lipinski definition) is 4.